The zero-order valence-electron chi connectivity index (χ0n) is 8.73. The van der Waals surface area contributed by atoms with E-state index in [9.17, 15) is 9.59 Å². The molecule has 0 saturated heterocycles. The van der Waals surface area contributed by atoms with Gasteiger partial charge in [-0.2, -0.15) is 0 Å². The number of pyridine rings is 1. The van der Waals surface area contributed by atoms with Gasteiger partial charge in [-0.05, 0) is 13.0 Å². The highest BCUT2D eigenvalue weighted by Crippen LogP contribution is 2.17. The summed E-state index contributed by atoms with van der Waals surface area (Å²) in [7, 11) is 0. The monoisotopic (exact) mass is 217 g/mol. The molecular formula is C11H11N3O2. The number of rotatable bonds is 1. The molecular weight excluding hydrogens is 206 g/mol. The molecule has 0 aliphatic carbocycles. The maximum absolute atomic E-state index is 11.8. The van der Waals surface area contributed by atoms with Crippen LogP contribution in [0.2, 0.25) is 0 Å². The summed E-state index contributed by atoms with van der Waals surface area (Å²) in [6.07, 6.45) is 0. The molecule has 16 heavy (non-hydrogen) atoms. The van der Waals surface area contributed by atoms with Crippen molar-refractivity contribution in [2.24, 2.45) is 5.73 Å². The first kappa shape index (κ1) is 10.2. The predicted molar refractivity (Wildman–Crippen MR) is 61.6 cm³/mol. The number of nitrogens with zero attached hydrogens (tertiary/aromatic N) is 1. The van der Waals surface area contributed by atoms with Crippen molar-refractivity contribution in [3.8, 4) is 0 Å². The van der Waals surface area contributed by atoms with E-state index in [4.69, 9.17) is 11.6 Å². The van der Waals surface area contributed by atoms with Crippen molar-refractivity contribution < 1.29 is 4.79 Å². The zero-order valence-corrected chi connectivity index (χ0v) is 8.73. The fraction of sp³-hybridized carbons (Fsp3) is 0.0909. The fourth-order valence-corrected chi connectivity index (χ4v) is 1.80. The van der Waals surface area contributed by atoms with Crippen LogP contribution in [0.1, 0.15) is 16.1 Å². The number of carbonyl (C=O) groups excluding carboxylic acids is 1. The van der Waals surface area contributed by atoms with Crippen molar-refractivity contribution in [1.29, 1.82) is 0 Å². The van der Waals surface area contributed by atoms with Crippen molar-refractivity contribution in [2.75, 3.05) is 5.84 Å². The number of hydrogen-bond donors (Lipinski definition) is 2. The highest BCUT2D eigenvalue weighted by Gasteiger charge is 2.15. The summed E-state index contributed by atoms with van der Waals surface area (Å²) in [5, 5.41) is 0.934. The number of carbonyl (C=O) groups is 1. The van der Waals surface area contributed by atoms with Crippen LogP contribution < -0.4 is 17.1 Å². The maximum Gasteiger partial charge on any atom is 0.276 e. The van der Waals surface area contributed by atoms with E-state index in [1.807, 2.05) is 0 Å². The maximum atomic E-state index is 11.8. The molecule has 0 aliphatic heterocycles. The highest BCUT2D eigenvalue weighted by atomic mass is 16.1. The molecule has 1 amide bonds. The molecule has 2 rings (SSSR count). The molecule has 0 fully saturated rings. The third kappa shape index (κ3) is 1.25. The van der Waals surface area contributed by atoms with Crippen LogP contribution in [0.5, 0.6) is 0 Å². The van der Waals surface area contributed by atoms with Gasteiger partial charge in [-0.1, -0.05) is 18.2 Å². The summed E-state index contributed by atoms with van der Waals surface area (Å²) in [5.41, 5.74) is 5.62. The van der Waals surface area contributed by atoms with Gasteiger partial charge in [-0.3, -0.25) is 9.59 Å². The van der Waals surface area contributed by atoms with Crippen molar-refractivity contribution in [1.82, 2.24) is 4.68 Å². The van der Waals surface area contributed by atoms with E-state index in [-0.39, 0.29) is 11.1 Å². The van der Waals surface area contributed by atoms with E-state index in [2.05, 4.69) is 0 Å². The van der Waals surface area contributed by atoms with Gasteiger partial charge in [-0.25, -0.2) is 4.68 Å². The third-order valence-corrected chi connectivity index (χ3v) is 2.62. The summed E-state index contributed by atoms with van der Waals surface area (Å²) in [6.45, 7) is 1.59. The number of nitrogens with two attached hydrogens (primary N) is 2. The van der Waals surface area contributed by atoms with E-state index in [1.165, 1.54) is 0 Å². The Labute approximate surface area is 91.2 Å². The lowest BCUT2D eigenvalue weighted by atomic mass is 10.0. The third-order valence-electron chi connectivity index (χ3n) is 2.62. The molecule has 5 heteroatoms. The lowest BCUT2D eigenvalue weighted by molar-refractivity contribution is 0.100. The summed E-state index contributed by atoms with van der Waals surface area (Å²) in [4.78, 5) is 23.2. The number of fused-ring (bicyclic) bond motifs is 1. The van der Waals surface area contributed by atoms with Gasteiger partial charge in [-0.15, -0.1) is 0 Å². The molecule has 0 unspecified atom stereocenters. The molecule has 1 aromatic carbocycles. The average Bonchev–Trinajstić information content (AvgIpc) is 2.26. The van der Waals surface area contributed by atoms with Crippen molar-refractivity contribution in [3.63, 3.8) is 0 Å². The topological polar surface area (TPSA) is 91.1 Å². The molecule has 0 spiro atoms. The first-order valence-corrected chi connectivity index (χ1v) is 4.73. The second kappa shape index (κ2) is 3.37. The van der Waals surface area contributed by atoms with Crippen LogP contribution in [-0.2, 0) is 0 Å². The Kier molecular flexibility index (Phi) is 2.16. The Balaban J connectivity index is 3.10. The van der Waals surface area contributed by atoms with Gasteiger partial charge >= 0.3 is 0 Å². The number of nitrogen functional groups attached to an aromatic ring is 1. The average molecular weight is 217 g/mol. The predicted octanol–water partition coefficient (Wildman–Crippen LogP) is 0.123. The van der Waals surface area contributed by atoms with Crippen LogP contribution in [-0.4, -0.2) is 10.6 Å². The Morgan fingerprint density at radius 3 is 2.38 bits per heavy atom. The quantitative estimate of drug-likeness (QED) is 0.665. The van der Waals surface area contributed by atoms with Crippen molar-refractivity contribution in [2.45, 2.75) is 6.92 Å². The van der Waals surface area contributed by atoms with Crippen molar-refractivity contribution >= 4 is 16.7 Å². The largest absolute Gasteiger partial charge is 0.366 e. The molecule has 0 bridgehead atoms. The first-order valence-electron chi connectivity index (χ1n) is 4.73. The van der Waals surface area contributed by atoms with Crippen LogP contribution in [0.4, 0.5) is 0 Å². The first-order chi connectivity index (χ1) is 7.54. The standard InChI is InChI=1S/C11H11N3O2/c1-6-9(10(12)15)7-4-2-3-5-8(7)11(16)14(6)13/h2-5H,13H2,1H3,(H2,12,15). The van der Waals surface area contributed by atoms with E-state index in [1.54, 1.807) is 31.2 Å². The molecule has 0 radical (unpaired) electrons. The SMILES string of the molecule is Cc1c(C(N)=O)c2ccccc2c(=O)n1N. The number of aromatic nitrogens is 1. The molecule has 2 aromatic rings. The van der Waals surface area contributed by atoms with Gasteiger partial charge in [0, 0.05) is 10.8 Å². The number of hydrogen-bond acceptors (Lipinski definition) is 3. The number of benzene rings is 1. The Morgan fingerprint density at radius 2 is 1.81 bits per heavy atom. The van der Waals surface area contributed by atoms with Crippen LogP contribution >= 0.6 is 0 Å². The minimum atomic E-state index is -0.590. The summed E-state index contributed by atoms with van der Waals surface area (Å²) < 4.78 is 0.947. The highest BCUT2D eigenvalue weighted by molar-refractivity contribution is 6.06. The van der Waals surface area contributed by atoms with Crippen LogP contribution in [0.25, 0.3) is 10.8 Å². The van der Waals surface area contributed by atoms with Crippen LogP contribution in [0.3, 0.4) is 0 Å². The molecule has 4 N–H and O–H groups in total. The fourth-order valence-electron chi connectivity index (χ4n) is 1.80. The van der Waals surface area contributed by atoms with Crippen LogP contribution in [0.15, 0.2) is 29.1 Å². The van der Waals surface area contributed by atoms with Crippen molar-refractivity contribution in [3.05, 3.63) is 45.9 Å². The second-order valence-corrected chi connectivity index (χ2v) is 3.55. The molecule has 0 aliphatic rings. The molecule has 1 heterocycles. The van der Waals surface area contributed by atoms with E-state index >= 15 is 0 Å². The molecule has 5 nitrogen and oxygen atoms in total. The summed E-state index contributed by atoms with van der Waals surface area (Å²) >= 11 is 0. The van der Waals surface area contributed by atoms with Gasteiger partial charge in [0.15, 0.2) is 0 Å². The smallest absolute Gasteiger partial charge is 0.276 e. The summed E-state index contributed by atoms with van der Waals surface area (Å²) in [5.74, 6) is 4.99. The molecule has 1 aromatic heterocycles. The number of primary amides is 1. The van der Waals surface area contributed by atoms with Gasteiger partial charge in [0.05, 0.1) is 11.3 Å². The summed E-state index contributed by atoms with van der Waals surface area (Å²) in [6, 6.07) is 6.76. The number of amides is 1. The van der Waals surface area contributed by atoms with Crippen LogP contribution in [0, 0.1) is 6.92 Å². The lowest BCUT2D eigenvalue weighted by Crippen LogP contribution is -2.32. The molecule has 0 atom stereocenters. The van der Waals surface area contributed by atoms with Gasteiger partial charge < -0.3 is 11.6 Å². The van der Waals surface area contributed by atoms with E-state index in [0.717, 1.165) is 4.68 Å². The molecule has 0 saturated carbocycles. The second-order valence-electron chi connectivity index (χ2n) is 3.55. The Hall–Kier alpha value is -2.30. The normalized spacial score (nSPS) is 10.6. The van der Waals surface area contributed by atoms with Gasteiger partial charge in [0.2, 0.25) is 0 Å². The lowest BCUT2D eigenvalue weighted by Gasteiger charge is -2.10. The Morgan fingerprint density at radius 1 is 1.25 bits per heavy atom. The minimum absolute atomic E-state index is 0.290. The van der Waals surface area contributed by atoms with E-state index in [0.29, 0.717) is 16.5 Å². The zero-order chi connectivity index (χ0) is 11.9. The minimum Gasteiger partial charge on any atom is -0.366 e. The van der Waals surface area contributed by atoms with E-state index < -0.39 is 5.91 Å². The molecule has 82 valence electrons. The Bertz CT molecular complexity index is 643. The van der Waals surface area contributed by atoms with Gasteiger partial charge in [0.25, 0.3) is 11.5 Å². The van der Waals surface area contributed by atoms with Gasteiger partial charge in [0.1, 0.15) is 0 Å².